The van der Waals surface area contributed by atoms with Gasteiger partial charge in [0, 0.05) is 12.5 Å². The maximum Gasteiger partial charge on any atom is 0.371 e. The molecule has 1 aromatic rings. The van der Waals surface area contributed by atoms with Gasteiger partial charge in [-0.3, -0.25) is 9.59 Å². The van der Waals surface area contributed by atoms with Crippen LogP contribution in [0.25, 0.3) is 0 Å². The fourth-order valence-corrected chi connectivity index (χ4v) is 1.01. The second kappa shape index (κ2) is 5.80. The first-order valence-electron chi connectivity index (χ1n) is 4.81. The molecule has 0 aliphatic heterocycles. The average molecular weight is 241 g/mol. The van der Waals surface area contributed by atoms with E-state index in [0.717, 1.165) is 12.3 Å². The van der Waals surface area contributed by atoms with E-state index in [1.165, 1.54) is 0 Å². The molecule has 0 atom stereocenters. The summed E-state index contributed by atoms with van der Waals surface area (Å²) in [7, 11) is 0. The van der Waals surface area contributed by atoms with Gasteiger partial charge in [-0.15, -0.1) is 0 Å². The number of aromatic carboxylic acids is 1. The smallest absolute Gasteiger partial charge is 0.371 e. The minimum atomic E-state index is -1.37. The van der Waals surface area contributed by atoms with Crippen molar-refractivity contribution in [2.24, 2.45) is 5.73 Å². The highest BCUT2D eigenvalue weighted by Gasteiger charge is 2.12. The Bertz CT molecular complexity index is 478. The van der Waals surface area contributed by atoms with E-state index in [2.05, 4.69) is 9.15 Å². The predicted octanol–water partition coefficient (Wildman–Crippen LogP) is -0.0177. The van der Waals surface area contributed by atoms with Gasteiger partial charge in [0.1, 0.15) is 6.26 Å². The Kier molecular flexibility index (Phi) is 4.41. The van der Waals surface area contributed by atoms with Crippen LogP contribution in [0.1, 0.15) is 23.4 Å². The van der Waals surface area contributed by atoms with E-state index >= 15 is 0 Å². The first-order valence-corrected chi connectivity index (χ1v) is 4.81. The van der Waals surface area contributed by atoms with E-state index in [0.29, 0.717) is 13.0 Å². The molecule has 7 nitrogen and oxygen atoms in total. The van der Waals surface area contributed by atoms with Crippen LogP contribution in [0.15, 0.2) is 21.5 Å². The van der Waals surface area contributed by atoms with Crippen molar-refractivity contribution < 1.29 is 23.8 Å². The standard InChI is InChI=1S/C10H11NO6/c11-3-1-2-9(13)17-8-5-16-7(10(14)15)4-6(8)12/h4-5H,1-3,11H2,(H,14,15). The Morgan fingerprint density at radius 2 is 2.18 bits per heavy atom. The number of hydrogen-bond acceptors (Lipinski definition) is 6. The molecule has 0 radical (unpaired) electrons. The summed E-state index contributed by atoms with van der Waals surface area (Å²) in [6, 6.07) is 0.744. The van der Waals surface area contributed by atoms with Gasteiger partial charge in [0.25, 0.3) is 0 Å². The molecule has 0 spiro atoms. The van der Waals surface area contributed by atoms with Gasteiger partial charge >= 0.3 is 11.9 Å². The van der Waals surface area contributed by atoms with Crippen LogP contribution in [0.5, 0.6) is 5.75 Å². The summed E-state index contributed by atoms with van der Waals surface area (Å²) in [5.41, 5.74) is 4.47. The van der Waals surface area contributed by atoms with Crippen LogP contribution in [-0.2, 0) is 4.79 Å². The predicted molar refractivity (Wildman–Crippen MR) is 55.9 cm³/mol. The molecule has 17 heavy (non-hydrogen) atoms. The Labute approximate surface area is 95.8 Å². The van der Waals surface area contributed by atoms with Gasteiger partial charge in [-0.2, -0.15) is 0 Å². The van der Waals surface area contributed by atoms with Crippen molar-refractivity contribution in [2.45, 2.75) is 12.8 Å². The molecule has 0 aliphatic carbocycles. The molecular weight excluding hydrogens is 230 g/mol. The minimum absolute atomic E-state index is 0.0800. The van der Waals surface area contributed by atoms with Gasteiger partial charge in [0.2, 0.25) is 16.9 Å². The monoisotopic (exact) mass is 241 g/mol. The highest BCUT2D eigenvalue weighted by Crippen LogP contribution is 2.07. The number of carbonyl (C=O) groups is 2. The van der Waals surface area contributed by atoms with Crippen molar-refractivity contribution in [3.05, 3.63) is 28.3 Å². The van der Waals surface area contributed by atoms with Gasteiger partial charge in [-0.25, -0.2) is 4.79 Å². The lowest BCUT2D eigenvalue weighted by Gasteiger charge is -2.02. The van der Waals surface area contributed by atoms with Crippen LogP contribution in [0.4, 0.5) is 0 Å². The van der Waals surface area contributed by atoms with Gasteiger partial charge in [-0.1, -0.05) is 0 Å². The minimum Gasteiger partial charge on any atom is -0.475 e. The lowest BCUT2D eigenvalue weighted by Crippen LogP contribution is -2.16. The Balaban J connectivity index is 2.76. The number of ether oxygens (including phenoxy) is 1. The zero-order valence-corrected chi connectivity index (χ0v) is 8.84. The quantitative estimate of drug-likeness (QED) is 0.695. The first kappa shape index (κ1) is 12.9. The molecule has 0 amide bonds. The van der Waals surface area contributed by atoms with Gasteiger partial charge < -0.3 is 20.0 Å². The van der Waals surface area contributed by atoms with Crippen molar-refractivity contribution in [2.75, 3.05) is 6.54 Å². The summed E-state index contributed by atoms with van der Waals surface area (Å²) in [5.74, 6) is -2.84. The Morgan fingerprint density at radius 3 is 2.71 bits per heavy atom. The molecule has 0 aromatic carbocycles. The summed E-state index contributed by atoms with van der Waals surface area (Å²) in [6.07, 6.45) is 1.32. The highest BCUT2D eigenvalue weighted by molar-refractivity contribution is 5.84. The van der Waals surface area contributed by atoms with Crippen molar-refractivity contribution in [1.29, 1.82) is 0 Å². The molecule has 92 valence electrons. The third-order valence-electron chi connectivity index (χ3n) is 1.82. The molecule has 0 aliphatic rings. The Hall–Kier alpha value is -2.15. The number of carbonyl (C=O) groups excluding carboxylic acids is 1. The van der Waals surface area contributed by atoms with E-state index in [9.17, 15) is 14.4 Å². The normalized spacial score (nSPS) is 9.94. The zero-order valence-electron chi connectivity index (χ0n) is 8.84. The molecule has 0 bridgehead atoms. The number of nitrogens with two attached hydrogens (primary N) is 1. The van der Waals surface area contributed by atoms with Crippen molar-refractivity contribution in [1.82, 2.24) is 0 Å². The average Bonchev–Trinajstić information content (AvgIpc) is 2.28. The summed E-state index contributed by atoms with van der Waals surface area (Å²) in [6.45, 7) is 0.335. The van der Waals surface area contributed by atoms with E-state index in [1.807, 2.05) is 0 Å². The fourth-order valence-electron chi connectivity index (χ4n) is 1.01. The van der Waals surface area contributed by atoms with Crippen molar-refractivity contribution in [3.63, 3.8) is 0 Å². The molecular formula is C10H11NO6. The number of rotatable bonds is 5. The summed E-state index contributed by atoms with van der Waals surface area (Å²) in [5, 5.41) is 8.54. The molecule has 7 heteroatoms. The number of hydrogen-bond donors (Lipinski definition) is 2. The van der Waals surface area contributed by atoms with Crippen molar-refractivity contribution >= 4 is 11.9 Å². The maximum atomic E-state index is 11.3. The van der Waals surface area contributed by atoms with Crippen molar-refractivity contribution in [3.8, 4) is 5.75 Å². The lowest BCUT2D eigenvalue weighted by atomic mass is 10.3. The first-order chi connectivity index (χ1) is 8.04. The molecule has 1 rings (SSSR count). The van der Waals surface area contributed by atoms with E-state index < -0.39 is 23.1 Å². The van der Waals surface area contributed by atoms with Crippen LogP contribution in [0.3, 0.4) is 0 Å². The van der Waals surface area contributed by atoms with Crippen LogP contribution < -0.4 is 15.9 Å². The summed E-state index contributed by atoms with van der Waals surface area (Å²) < 4.78 is 9.29. The zero-order chi connectivity index (χ0) is 12.8. The molecule has 3 N–H and O–H groups in total. The van der Waals surface area contributed by atoms with E-state index in [1.54, 1.807) is 0 Å². The lowest BCUT2D eigenvalue weighted by molar-refractivity contribution is -0.134. The van der Waals surface area contributed by atoms with Crippen LogP contribution in [0, 0.1) is 0 Å². The molecule has 1 heterocycles. The summed E-state index contributed by atoms with van der Waals surface area (Å²) >= 11 is 0. The van der Waals surface area contributed by atoms with Crippen LogP contribution in [-0.4, -0.2) is 23.6 Å². The SMILES string of the molecule is NCCCC(=O)Oc1coc(C(=O)O)cc1=O. The second-order valence-electron chi connectivity index (χ2n) is 3.14. The number of carboxylic acids is 1. The van der Waals surface area contributed by atoms with Crippen LogP contribution >= 0.6 is 0 Å². The van der Waals surface area contributed by atoms with E-state index in [4.69, 9.17) is 10.8 Å². The van der Waals surface area contributed by atoms with Gasteiger partial charge in [0.05, 0.1) is 0 Å². The third-order valence-corrected chi connectivity index (χ3v) is 1.82. The molecule has 0 saturated carbocycles. The fraction of sp³-hybridized carbons (Fsp3) is 0.300. The van der Waals surface area contributed by atoms with Gasteiger partial charge in [0.15, 0.2) is 0 Å². The molecule has 0 unspecified atom stereocenters. The topological polar surface area (TPSA) is 120 Å². The molecule has 0 fully saturated rings. The third kappa shape index (κ3) is 3.72. The van der Waals surface area contributed by atoms with Crippen LogP contribution in [0.2, 0.25) is 0 Å². The van der Waals surface area contributed by atoms with Gasteiger partial charge in [-0.05, 0) is 13.0 Å². The second-order valence-corrected chi connectivity index (χ2v) is 3.14. The number of carboxylic acid groups (broad SMARTS) is 1. The summed E-state index contributed by atoms with van der Waals surface area (Å²) in [4.78, 5) is 33.0. The highest BCUT2D eigenvalue weighted by atomic mass is 16.5. The number of esters is 1. The Morgan fingerprint density at radius 1 is 1.47 bits per heavy atom. The maximum absolute atomic E-state index is 11.3. The van der Waals surface area contributed by atoms with E-state index in [-0.39, 0.29) is 12.2 Å². The molecule has 0 saturated heterocycles. The largest absolute Gasteiger partial charge is 0.475 e. The molecule has 1 aromatic heterocycles.